The van der Waals surface area contributed by atoms with Crippen LogP contribution in [0.15, 0.2) is 30.3 Å². The first kappa shape index (κ1) is 18.0. The summed E-state index contributed by atoms with van der Waals surface area (Å²) in [5.41, 5.74) is 3.38. The Morgan fingerprint density at radius 1 is 1.33 bits per heavy atom. The molecule has 1 saturated carbocycles. The number of para-hydroxylation sites is 1. The van der Waals surface area contributed by atoms with E-state index in [0.717, 1.165) is 24.3 Å². The van der Waals surface area contributed by atoms with Gasteiger partial charge in [-0.05, 0) is 31.9 Å². The second kappa shape index (κ2) is 8.13. The van der Waals surface area contributed by atoms with E-state index in [1.54, 1.807) is 6.92 Å². The Labute approximate surface area is 159 Å². The maximum Gasteiger partial charge on any atom is 0.261 e. The highest BCUT2D eigenvalue weighted by Gasteiger charge is 2.27. The van der Waals surface area contributed by atoms with Crippen molar-refractivity contribution in [3.05, 3.63) is 47.3 Å². The van der Waals surface area contributed by atoms with E-state index in [4.69, 9.17) is 14.6 Å². The standard InChI is InChI=1S/C21H27N3O3/c1-15(27-17-9-3-2-4-10-17)21(25)22-13-19-18-14-26-12-11-20(18)24(23-19)16-7-5-6-8-16/h2-4,9-10,15-16H,5-8,11-14H2,1H3,(H,22,25). The average Bonchev–Trinajstić information content (AvgIpc) is 3.35. The van der Waals surface area contributed by atoms with Crippen molar-refractivity contribution in [3.63, 3.8) is 0 Å². The molecular formula is C21H27N3O3. The molecule has 144 valence electrons. The molecule has 6 heteroatoms. The molecule has 1 N–H and O–H groups in total. The molecule has 1 aliphatic heterocycles. The summed E-state index contributed by atoms with van der Waals surface area (Å²) in [6.07, 6.45) is 5.29. The monoisotopic (exact) mass is 369 g/mol. The number of rotatable bonds is 6. The van der Waals surface area contributed by atoms with Gasteiger partial charge in [-0.15, -0.1) is 0 Å². The maximum atomic E-state index is 12.4. The Kier molecular flexibility index (Phi) is 5.43. The zero-order chi connectivity index (χ0) is 18.6. The van der Waals surface area contributed by atoms with Gasteiger partial charge in [0, 0.05) is 17.7 Å². The number of aromatic nitrogens is 2. The van der Waals surface area contributed by atoms with Crippen molar-refractivity contribution in [2.75, 3.05) is 6.61 Å². The van der Waals surface area contributed by atoms with E-state index in [1.165, 1.54) is 31.4 Å². The van der Waals surface area contributed by atoms with Crippen molar-refractivity contribution in [2.24, 2.45) is 0 Å². The molecule has 27 heavy (non-hydrogen) atoms. The van der Waals surface area contributed by atoms with Crippen LogP contribution < -0.4 is 10.1 Å². The minimum atomic E-state index is -0.559. The highest BCUT2D eigenvalue weighted by molar-refractivity contribution is 5.80. The zero-order valence-electron chi connectivity index (χ0n) is 15.8. The van der Waals surface area contributed by atoms with Gasteiger partial charge >= 0.3 is 0 Å². The fraction of sp³-hybridized carbons (Fsp3) is 0.524. The number of nitrogens with zero attached hydrogens (tertiary/aromatic N) is 2. The molecule has 2 aromatic rings. The summed E-state index contributed by atoms with van der Waals surface area (Å²) in [5.74, 6) is 0.552. The van der Waals surface area contributed by atoms with E-state index in [0.29, 0.717) is 24.9 Å². The van der Waals surface area contributed by atoms with Crippen LogP contribution in [-0.2, 0) is 29.1 Å². The van der Waals surface area contributed by atoms with Crippen molar-refractivity contribution in [2.45, 2.75) is 64.3 Å². The van der Waals surface area contributed by atoms with Gasteiger partial charge in [-0.25, -0.2) is 0 Å². The third-order valence-electron chi connectivity index (χ3n) is 5.46. The Bertz CT molecular complexity index is 781. The molecular weight excluding hydrogens is 342 g/mol. The summed E-state index contributed by atoms with van der Waals surface area (Å²) >= 11 is 0. The smallest absolute Gasteiger partial charge is 0.261 e. The van der Waals surface area contributed by atoms with E-state index in [2.05, 4.69) is 10.00 Å². The van der Waals surface area contributed by atoms with Crippen molar-refractivity contribution >= 4 is 5.91 Å². The van der Waals surface area contributed by atoms with Gasteiger partial charge in [0.1, 0.15) is 5.75 Å². The minimum absolute atomic E-state index is 0.139. The van der Waals surface area contributed by atoms with E-state index >= 15 is 0 Å². The topological polar surface area (TPSA) is 65.4 Å². The van der Waals surface area contributed by atoms with Crippen LogP contribution in [0.5, 0.6) is 5.75 Å². The highest BCUT2D eigenvalue weighted by atomic mass is 16.5. The number of benzene rings is 1. The molecule has 6 nitrogen and oxygen atoms in total. The van der Waals surface area contributed by atoms with Crippen LogP contribution in [-0.4, -0.2) is 28.4 Å². The first-order valence-corrected chi connectivity index (χ1v) is 9.88. The molecule has 0 radical (unpaired) electrons. The summed E-state index contributed by atoms with van der Waals surface area (Å²) in [4.78, 5) is 12.4. The van der Waals surface area contributed by atoms with E-state index < -0.39 is 6.10 Å². The van der Waals surface area contributed by atoms with Gasteiger partial charge in [-0.2, -0.15) is 5.10 Å². The molecule has 4 rings (SSSR count). The number of hydrogen-bond donors (Lipinski definition) is 1. The molecule has 1 fully saturated rings. The normalized spacial score (nSPS) is 18.1. The lowest BCUT2D eigenvalue weighted by Gasteiger charge is -2.18. The number of carbonyl (C=O) groups is 1. The van der Waals surface area contributed by atoms with Crippen LogP contribution in [0.1, 0.15) is 55.6 Å². The van der Waals surface area contributed by atoms with Gasteiger partial charge in [0.15, 0.2) is 6.10 Å². The third-order valence-corrected chi connectivity index (χ3v) is 5.46. The SMILES string of the molecule is CC(Oc1ccccc1)C(=O)NCc1nn(C2CCCC2)c2c1COCC2. The lowest BCUT2D eigenvalue weighted by molar-refractivity contribution is -0.127. The first-order chi connectivity index (χ1) is 13.2. The van der Waals surface area contributed by atoms with Crippen molar-refractivity contribution in [1.29, 1.82) is 0 Å². The van der Waals surface area contributed by atoms with Gasteiger partial charge in [0.2, 0.25) is 0 Å². The lowest BCUT2D eigenvalue weighted by atomic mass is 10.1. The van der Waals surface area contributed by atoms with Crippen molar-refractivity contribution in [3.8, 4) is 5.75 Å². The Hall–Kier alpha value is -2.34. The molecule has 1 aromatic carbocycles. The summed E-state index contributed by atoms with van der Waals surface area (Å²) in [5, 5.41) is 7.85. The quantitative estimate of drug-likeness (QED) is 0.849. The van der Waals surface area contributed by atoms with Gasteiger partial charge < -0.3 is 14.8 Å². The molecule has 0 saturated heterocycles. The molecule has 1 amide bonds. The predicted molar refractivity (Wildman–Crippen MR) is 101 cm³/mol. The van der Waals surface area contributed by atoms with E-state index in [1.807, 2.05) is 30.3 Å². The lowest BCUT2D eigenvalue weighted by Crippen LogP contribution is -2.36. The molecule has 1 atom stereocenters. The van der Waals surface area contributed by atoms with E-state index in [9.17, 15) is 4.79 Å². The molecule has 1 unspecified atom stereocenters. The van der Waals surface area contributed by atoms with Crippen LogP contribution in [0, 0.1) is 0 Å². The van der Waals surface area contributed by atoms with Gasteiger partial charge in [-0.3, -0.25) is 9.48 Å². The number of amides is 1. The third kappa shape index (κ3) is 4.00. The number of ether oxygens (including phenoxy) is 2. The second-order valence-corrected chi connectivity index (χ2v) is 7.35. The van der Waals surface area contributed by atoms with Gasteiger partial charge in [0.05, 0.1) is 31.5 Å². The second-order valence-electron chi connectivity index (χ2n) is 7.35. The number of hydrogen-bond acceptors (Lipinski definition) is 4. The molecule has 0 spiro atoms. The summed E-state index contributed by atoms with van der Waals surface area (Å²) in [6.45, 7) is 3.51. The van der Waals surface area contributed by atoms with Gasteiger partial charge in [0.25, 0.3) is 5.91 Å². The minimum Gasteiger partial charge on any atom is -0.481 e. The fourth-order valence-electron chi connectivity index (χ4n) is 3.99. The number of nitrogens with one attached hydrogen (secondary N) is 1. The van der Waals surface area contributed by atoms with Crippen LogP contribution in [0.2, 0.25) is 0 Å². The Morgan fingerprint density at radius 2 is 2.11 bits per heavy atom. The summed E-state index contributed by atoms with van der Waals surface area (Å²) < 4.78 is 13.6. The number of carbonyl (C=O) groups excluding carboxylic acids is 1. The Morgan fingerprint density at radius 3 is 2.89 bits per heavy atom. The predicted octanol–water partition coefficient (Wildman–Crippen LogP) is 3.15. The highest BCUT2D eigenvalue weighted by Crippen LogP contribution is 2.33. The Balaban J connectivity index is 1.42. The largest absolute Gasteiger partial charge is 0.481 e. The average molecular weight is 369 g/mol. The maximum absolute atomic E-state index is 12.4. The number of fused-ring (bicyclic) bond motifs is 1. The first-order valence-electron chi connectivity index (χ1n) is 9.88. The molecule has 2 aliphatic rings. The van der Waals surface area contributed by atoms with Gasteiger partial charge in [-0.1, -0.05) is 31.0 Å². The molecule has 1 aliphatic carbocycles. The zero-order valence-corrected chi connectivity index (χ0v) is 15.8. The van der Waals surface area contributed by atoms with Crippen molar-refractivity contribution < 1.29 is 14.3 Å². The van der Waals surface area contributed by atoms with Crippen LogP contribution in [0.4, 0.5) is 0 Å². The summed E-state index contributed by atoms with van der Waals surface area (Å²) in [7, 11) is 0. The summed E-state index contributed by atoms with van der Waals surface area (Å²) in [6, 6.07) is 9.90. The van der Waals surface area contributed by atoms with E-state index in [-0.39, 0.29) is 5.91 Å². The fourth-order valence-corrected chi connectivity index (χ4v) is 3.99. The van der Waals surface area contributed by atoms with Crippen LogP contribution in [0.3, 0.4) is 0 Å². The molecule has 0 bridgehead atoms. The molecule has 2 heterocycles. The van der Waals surface area contributed by atoms with Crippen molar-refractivity contribution in [1.82, 2.24) is 15.1 Å². The van der Waals surface area contributed by atoms with Crippen LogP contribution in [0.25, 0.3) is 0 Å². The van der Waals surface area contributed by atoms with Crippen LogP contribution >= 0.6 is 0 Å². The molecule has 1 aromatic heterocycles.